The fourth-order valence-electron chi connectivity index (χ4n) is 1.79. The maximum atomic E-state index is 11.9. The lowest BCUT2D eigenvalue weighted by molar-refractivity contribution is 0.587. The van der Waals surface area contributed by atoms with Crippen molar-refractivity contribution in [1.82, 2.24) is 4.72 Å². The Kier molecular flexibility index (Phi) is 4.32. The Morgan fingerprint density at radius 3 is 2.65 bits per heavy atom. The molecule has 0 unspecified atom stereocenters. The first-order valence-electron chi connectivity index (χ1n) is 6.04. The summed E-state index contributed by atoms with van der Waals surface area (Å²) in [4.78, 5) is 1.31. The number of hydrogen-bond donors (Lipinski definition) is 3. The molecule has 1 aromatic carbocycles. The molecule has 7 heteroatoms. The van der Waals surface area contributed by atoms with E-state index in [4.69, 9.17) is 5.73 Å². The molecule has 0 saturated heterocycles. The highest BCUT2D eigenvalue weighted by atomic mass is 32.2. The van der Waals surface area contributed by atoms with Crippen LogP contribution < -0.4 is 15.8 Å². The smallest absolute Gasteiger partial charge is 0.240 e. The minimum atomic E-state index is -3.44. The summed E-state index contributed by atoms with van der Waals surface area (Å²) in [5.41, 5.74) is 8.02. The third-order valence-corrected chi connectivity index (χ3v) is 5.47. The Hall–Kier alpha value is -1.57. The number of nitrogens with two attached hydrogens (primary N) is 1. The van der Waals surface area contributed by atoms with E-state index in [1.54, 1.807) is 30.4 Å². The van der Waals surface area contributed by atoms with Gasteiger partial charge in [0.2, 0.25) is 10.0 Å². The van der Waals surface area contributed by atoms with Gasteiger partial charge in [-0.1, -0.05) is 6.07 Å². The monoisotopic (exact) mass is 311 g/mol. The predicted molar refractivity (Wildman–Crippen MR) is 83.5 cm³/mol. The molecule has 0 bridgehead atoms. The van der Waals surface area contributed by atoms with Crippen LogP contribution in [0.25, 0.3) is 0 Å². The molecule has 0 radical (unpaired) electrons. The summed E-state index contributed by atoms with van der Waals surface area (Å²) in [6, 6.07) is 7.12. The lowest BCUT2D eigenvalue weighted by Crippen LogP contribution is -2.19. The fourth-order valence-corrected chi connectivity index (χ4v) is 3.52. The van der Waals surface area contributed by atoms with Crippen LogP contribution in [0.15, 0.2) is 34.5 Å². The Morgan fingerprint density at radius 1 is 1.30 bits per heavy atom. The van der Waals surface area contributed by atoms with E-state index in [9.17, 15) is 8.42 Å². The summed E-state index contributed by atoms with van der Waals surface area (Å²) >= 11 is 1.57. The summed E-state index contributed by atoms with van der Waals surface area (Å²) in [6.07, 6.45) is 0. The van der Waals surface area contributed by atoms with Crippen LogP contribution in [-0.2, 0) is 16.6 Å². The van der Waals surface area contributed by atoms with Crippen molar-refractivity contribution in [3.8, 4) is 0 Å². The molecule has 0 amide bonds. The van der Waals surface area contributed by atoms with Crippen LogP contribution in [0.4, 0.5) is 11.4 Å². The van der Waals surface area contributed by atoms with Crippen LogP contribution in [0.1, 0.15) is 10.4 Å². The summed E-state index contributed by atoms with van der Waals surface area (Å²) in [6.45, 7) is 2.34. The van der Waals surface area contributed by atoms with Crippen molar-refractivity contribution in [2.75, 3.05) is 18.1 Å². The highest BCUT2D eigenvalue weighted by Gasteiger charge is 2.15. The average Bonchev–Trinajstić information content (AvgIpc) is 2.83. The Morgan fingerprint density at radius 2 is 2.05 bits per heavy atom. The molecule has 4 N–H and O–H groups in total. The average molecular weight is 311 g/mol. The lowest BCUT2D eigenvalue weighted by Gasteiger charge is -2.11. The number of hydrogen-bond acceptors (Lipinski definition) is 5. The van der Waals surface area contributed by atoms with Crippen molar-refractivity contribution in [3.63, 3.8) is 0 Å². The highest BCUT2D eigenvalue weighted by molar-refractivity contribution is 7.89. The predicted octanol–water partition coefficient (Wildman–Crippen LogP) is 2.16. The Balaban J connectivity index is 2.22. The molecule has 0 atom stereocenters. The number of nitrogens with one attached hydrogen (secondary N) is 2. The molecule has 0 aliphatic rings. The number of sulfonamides is 1. The minimum absolute atomic E-state index is 0.282. The molecule has 0 aliphatic heterocycles. The second-order valence-corrected chi connectivity index (χ2v) is 7.20. The largest absolute Gasteiger partial charge is 0.398 e. The van der Waals surface area contributed by atoms with Crippen molar-refractivity contribution < 1.29 is 8.42 Å². The summed E-state index contributed by atoms with van der Waals surface area (Å²) in [5, 5.41) is 5.12. The van der Waals surface area contributed by atoms with E-state index in [0.29, 0.717) is 12.1 Å². The van der Waals surface area contributed by atoms with Gasteiger partial charge in [-0.15, -0.1) is 11.3 Å². The number of benzene rings is 1. The van der Waals surface area contributed by atoms with E-state index >= 15 is 0 Å². The van der Waals surface area contributed by atoms with E-state index in [0.717, 1.165) is 16.3 Å². The van der Waals surface area contributed by atoms with Gasteiger partial charge in [0.15, 0.2) is 0 Å². The molecular weight excluding hydrogens is 294 g/mol. The maximum Gasteiger partial charge on any atom is 0.240 e. The molecule has 0 aliphatic carbocycles. The van der Waals surface area contributed by atoms with Crippen molar-refractivity contribution in [2.45, 2.75) is 18.4 Å². The van der Waals surface area contributed by atoms with Crippen LogP contribution in [0, 0.1) is 6.92 Å². The quantitative estimate of drug-likeness (QED) is 0.790. The molecule has 108 valence electrons. The van der Waals surface area contributed by atoms with Crippen LogP contribution in [0.3, 0.4) is 0 Å². The van der Waals surface area contributed by atoms with Gasteiger partial charge >= 0.3 is 0 Å². The number of thiophene rings is 1. The van der Waals surface area contributed by atoms with E-state index < -0.39 is 10.0 Å². The molecule has 2 aromatic rings. The number of nitrogen functional groups attached to an aromatic ring is 1. The molecule has 0 spiro atoms. The van der Waals surface area contributed by atoms with Crippen LogP contribution in [-0.4, -0.2) is 15.5 Å². The number of rotatable bonds is 5. The first-order chi connectivity index (χ1) is 9.44. The molecule has 0 fully saturated rings. The Labute approximate surface area is 122 Å². The van der Waals surface area contributed by atoms with Gasteiger partial charge in [0.05, 0.1) is 11.4 Å². The van der Waals surface area contributed by atoms with E-state index in [-0.39, 0.29) is 4.90 Å². The fraction of sp³-hybridized carbons (Fsp3) is 0.231. The highest BCUT2D eigenvalue weighted by Crippen LogP contribution is 2.23. The van der Waals surface area contributed by atoms with Gasteiger partial charge in [-0.2, -0.15) is 0 Å². The van der Waals surface area contributed by atoms with E-state index in [1.165, 1.54) is 7.05 Å². The van der Waals surface area contributed by atoms with Crippen LogP contribution >= 0.6 is 11.3 Å². The first-order valence-corrected chi connectivity index (χ1v) is 8.40. The van der Waals surface area contributed by atoms with Gasteiger partial charge in [-0.3, -0.25) is 0 Å². The van der Waals surface area contributed by atoms with Gasteiger partial charge in [-0.25, -0.2) is 13.1 Å². The zero-order chi connectivity index (χ0) is 14.8. The zero-order valence-electron chi connectivity index (χ0n) is 11.3. The molecule has 5 nitrogen and oxygen atoms in total. The van der Waals surface area contributed by atoms with Gasteiger partial charge in [0.1, 0.15) is 0 Å². The zero-order valence-corrected chi connectivity index (χ0v) is 12.9. The number of aryl methyl sites for hydroxylation is 1. The summed E-state index contributed by atoms with van der Waals surface area (Å²) in [7, 11) is -2.04. The van der Waals surface area contributed by atoms with Crippen molar-refractivity contribution in [2.24, 2.45) is 0 Å². The second kappa shape index (κ2) is 5.82. The lowest BCUT2D eigenvalue weighted by atomic mass is 10.2. The van der Waals surface area contributed by atoms with Gasteiger partial charge in [0, 0.05) is 16.3 Å². The van der Waals surface area contributed by atoms with Crippen molar-refractivity contribution >= 4 is 32.7 Å². The third kappa shape index (κ3) is 3.12. The maximum absolute atomic E-state index is 11.9. The SMILES string of the molecule is CNS(=O)(=O)c1cc(NCc2sccc2N)ccc1C. The first kappa shape index (κ1) is 14.8. The van der Waals surface area contributed by atoms with Crippen molar-refractivity contribution in [3.05, 3.63) is 40.1 Å². The van der Waals surface area contributed by atoms with Crippen LogP contribution in [0.2, 0.25) is 0 Å². The summed E-state index contributed by atoms with van der Waals surface area (Å²) in [5.74, 6) is 0. The second-order valence-electron chi connectivity index (χ2n) is 4.34. The van der Waals surface area contributed by atoms with Gasteiger partial charge < -0.3 is 11.1 Å². The van der Waals surface area contributed by atoms with Crippen molar-refractivity contribution in [1.29, 1.82) is 0 Å². The minimum Gasteiger partial charge on any atom is -0.398 e. The third-order valence-electron chi connectivity index (χ3n) is 2.98. The molecule has 1 heterocycles. The molecule has 20 heavy (non-hydrogen) atoms. The number of anilines is 2. The molecular formula is C13H17N3O2S2. The topological polar surface area (TPSA) is 84.2 Å². The molecule has 2 rings (SSSR count). The van der Waals surface area contributed by atoms with Crippen LogP contribution in [0.5, 0.6) is 0 Å². The van der Waals surface area contributed by atoms with Gasteiger partial charge in [-0.05, 0) is 43.1 Å². The molecule has 1 aromatic heterocycles. The molecule has 0 saturated carbocycles. The normalized spacial score (nSPS) is 11.5. The Bertz CT molecular complexity index is 708. The standard InChI is InChI=1S/C13H17N3O2S2/c1-9-3-4-10(7-13(9)20(17,18)15-2)16-8-12-11(14)5-6-19-12/h3-7,15-16H,8,14H2,1-2H3. The summed E-state index contributed by atoms with van der Waals surface area (Å²) < 4.78 is 26.1. The van der Waals surface area contributed by atoms with Gasteiger partial charge in [0.25, 0.3) is 0 Å². The van der Waals surface area contributed by atoms with E-state index in [2.05, 4.69) is 10.0 Å². The van der Waals surface area contributed by atoms with E-state index in [1.807, 2.05) is 17.5 Å².